The second-order valence-electron chi connectivity index (χ2n) is 4.35. The van der Waals surface area contributed by atoms with Crippen LogP contribution in [0, 0.1) is 10.1 Å². The maximum Gasteiger partial charge on any atom is 0.337 e. The molecule has 0 heterocycles. The fourth-order valence-electron chi connectivity index (χ4n) is 1.64. The van der Waals surface area contributed by atoms with Crippen LogP contribution in [0.2, 0.25) is 5.02 Å². The normalized spacial score (nSPS) is 9.78. The largest absolute Gasteiger partial charge is 0.337 e. The van der Waals surface area contributed by atoms with Crippen molar-refractivity contribution in [3.05, 3.63) is 69.2 Å². The first kappa shape index (κ1) is 16.2. The van der Waals surface area contributed by atoms with Crippen molar-refractivity contribution in [2.75, 3.05) is 5.32 Å². The highest BCUT2D eigenvalue weighted by molar-refractivity contribution is 6.30. The van der Waals surface area contributed by atoms with Crippen LogP contribution in [0.3, 0.4) is 0 Å². The molecule has 0 saturated carbocycles. The number of non-ortho nitro benzene ring substituents is 1. The number of hydrogen-bond acceptors (Lipinski definition) is 4. The summed E-state index contributed by atoms with van der Waals surface area (Å²) in [7, 11) is 0. The van der Waals surface area contributed by atoms with E-state index in [0.29, 0.717) is 10.7 Å². The van der Waals surface area contributed by atoms with Gasteiger partial charge in [-0.1, -0.05) is 17.7 Å². The second-order valence-corrected chi connectivity index (χ2v) is 4.78. The van der Waals surface area contributed by atoms with Crippen molar-refractivity contribution in [3.63, 3.8) is 0 Å². The van der Waals surface area contributed by atoms with Crippen LogP contribution < -0.4 is 16.2 Å². The molecule has 2 rings (SSSR count). The van der Waals surface area contributed by atoms with Crippen molar-refractivity contribution in [3.8, 4) is 0 Å². The summed E-state index contributed by atoms with van der Waals surface area (Å²) >= 11 is 5.72. The zero-order chi connectivity index (χ0) is 16.8. The van der Waals surface area contributed by atoms with E-state index in [0.717, 1.165) is 6.07 Å². The van der Waals surface area contributed by atoms with E-state index in [1.807, 2.05) is 0 Å². The third-order valence-corrected chi connectivity index (χ3v) is 2.96. The molecule has 8 nitrogen and oxygen atoms in total. The fraction of sp³-hybridized carbons (Fsp3) is 0. The molecule has 0 aromatic heterocycles. The number of rotatable bonds is 3. The van der Waals surface area contributed by atoms with Crippen molar-refractivity contribution in [1.82, 2.24) is 10.9 Å². The Morgan fingerprint density at radius 1 is 1.04 bits per heavy atom. The number of carbonyl (C=O) groups is 2. The maximum atomic E-state index is 11.8. The Labute approximate surface area is 135 Å². The topological polar surface area (TPSA) is 113 Å². The van der Waals surface area contributed by atoms with Crippen molar-refractivity contribution in [1.29, 1.82) is 0 Å². The van der Waals surface area contributed by atoms with E-state index in [1.165, 1.54) is 18.2 Å². The predicted molar refractivity (Wildman–Crippen MR) is 84.2 cm³/mol. The van der Waals surface area contributed by atoms with Crippen molar-refractivity contribution in [2.45, 2.75) is 0 Å². The number of nitrogens with one attached hydrogen (secondary N) is 3. The molecule has 9 heteroatoms. The van der Waals surface area contributed by atoms with E-state index in [4.69, 9.17) is 11.6 Å². The van der Waals surface area contributed by atoms with Gasteiger partial charge in [0.2, 0.25) is 0 Å². The Morgan fingerprint density at radius 2 is 1.74 bits per heavy atom. The summed E-state index contributed by atoms with van der Waals surface area (Å²) in [6.07, 6.45) is 0. The van der Waals surface area contributed by atoms with Crippen LogP contribution in [-0.4, -0.2) is 16.9 Å². The minimum Gasteiger partial charge on any atom is -0.307 e. The van der Waals surface area contributed by atoms with Gasteiger partial charge in [0.15, 0.2) is 0 Å². The summed E-state index contributed by atoms with van der Waals surface area (Å²) in [5.41, 5.74) is 4.60. The van der Waals surface area contributed by atoms with Gasteiger partial charge < -0.3 is 5.32 Å². The van der Waals surface area contributed by atoms with Gasteiger partial charge in [-0.05, 0) is 30.3 Å². The number of benzene rings is 2. The number of anilines is 1. The highest BCUT2D eigenvalue weighted by Crippen LogP contribution is 2.13. The zero-order valence-electron chi connectivity index (χ0n) is 11.6. The highest BCUT2D eigenvalue weighted by Gasteiger charge is 2.12. The highest BCUT2D eigenvalue weighted by atomic mass is 35.5. The molecule has 0 spiro atoms. The van der Waals surface area contributed by atoms with Crippen LogP contribution in [0.4, 0.5) is 16.2 Å². The van der Waals surface area contributed by atoms with Crippen molar-refractivity contribution >= 4 is 34.9 Å². The van der Waals surface area contributed by atoms with Crippen LogP contribution in [0.15, 0.2) is 48.5 Å². The van der Waals surface area contributed by atoms with Gasteiger partial charge in [0.1, 0.15) is 0 Å². The van der Waals surface area contributed by atoms with E-state index >= 15 is 0 Å². The zero-order valence-corrected chi connectivity index (χ0v) is 12.3. The third-order valence-electron chi connectivity index (χ3n) is 2.71. The number of urea groups is 1. The smallest absolute Gasteiger partial charge is 0.307 e. The molecule has 0 unspecified atom stereocenters. The molecule has 118 valence electrons. The monoisotopic (exact) mass is 334 g/mol. The Balaban J connectivity index is 1.91. The number of nitro benzene ring substituents is 1. The molecule has 0 aliphatic carbocycles. The maximum absolute atomic E-state index is 11.8. The van der Waals surface area contributed by atoms with E-state index in [-0.39, 0.29) is 11.3 Å². The van der Waals surface area contributed by atoms with Crippen LogP contribution in [0.5, 0.6) is 0 Å². The van der Waals surface area contributed by atoms with Crippen LogP contribution in [0.25, 0.3) is 0 Å². The summed E-state index contributed by atoms with van der Waals surface area (Å²) in [5.74, 6) is -0.681. The van der Waals surface area contributed by atoms with Gasteiger partial charge in [-0.3, -0.25) is 20.3 Å². The van der Waals surface area contributed by atoms with Gasteiger partial charge in [0.25, 0.3) is 11.6 Å². The number of carbonyl (C=O) groups excluding carboxylic acids is 2. The number of amides is 3. The molecule has 2 aromatic rings. The van der Waals surface area contributed by atoms with Gasteiger partial charge in [0.05, 0.1) is 4.92 Å². The summed E-state index contributed by atoms with van der Waals surface area (Å²) in [5, 5.41) is 13.7. The molecule has 0 bridgehead atoms. The SMILES string of the molecule is O=C(NNC(=O)c1cccc([N+](=O)[O-])c1)Nc1ccc(Cl)cc1. The Morgan fingerprint density at radius 3 is 2.39 bits per heavy atom. The fourth-order valence-corrected chi connectivity index (χ4v) is 1.77. The van der Waals surface area contributed by atoms with Crippen LogP contribution in [0.1, 0.15) is 10.4 Å². The van der Waals surface area contributed by atoms with Gasteiger partial charge in [-0.2, -0.15) is 0 Å². The molecule has 2 aromatic carbocycles. The molecular weight excluding hydrogens is 324 g/mol. The summed E-state index contributed by atoms with van der Waals surface area (Å²) in [6.45, 7) is 0. The van der Waals surface area contributed by atoms with Crippen LogP contribution >= 0.6 is 11.6 Å². The Bertz CT molecular complexity index is 749. The molecule has 0 radical (unpaired) electrons. The summed E-state index contributed by atoms with van der Waals surface area (Å²) < 4.78 is 0. The van der Waals surface area contributed by atoms with Gasteiger partial charge in [-0.15, -0.1) is 0 Å². The van der Waals surface area contributed by atoms with Crippen LogP contribution in [-0.2, 0) is 0 Å². The number of halogens is 1. The predicted octanol–water partition coefficient (Wildman–Crippen LogP) is 2.71. The first-order chi connectivity index (χ1) is 11.0. The second kappa shape index (κ2) is 7.23. The minimum absolute atomic E-state index is 0.0472. The van der Waals surface area contributed by atoms with E-state index in [1.54, 1.807) is 24.3 Å². The Kier molecular flexibility index (Phi) is 5.11. The van der Waals surface area contributed by atoms with Gasteiger partial charge in [0, 0.05) is 28.4 Å². The first-order valence-corrected chi connectivity index (χ1v) is 6.71. The van der Waals surface area contributed by atoms with E-state index in [9.17, 15) is 19.7 Å². The molecule has 0 saturated heterocycles. The summed E-state index contributed by atoms with van der Waals surface area (Å²) in [6, 6.07) is 10.8. The average molecular weight is 335 g/mol. The molecule has 0 atom stereocenters. The minimum atomic E-state index is -0.681. The van der Waals surface area contributed by atoms with E-state index < -0.39 is 16.9 Å². The number of hydrogen-bond donors (Lipinski definition) is 3. The lowest BCUT2D eigenvalue weighted by molar-refractivity contribution is -0.384. The lowest BCUT2D eigenvalue weighted by atomic mass is 10.2. The summed E-state index contributed by atoms with van der Waals surface area (Å²) in [4.78, 5) is 33.5. The molecule has 0 aliphatic rings. The molecule has 3 amide bonds. The quantitative estimate of drug-likeness (QED) is 0.591. The van der Waals surface area contributed by atoms with Gasteiger partial charge >= 0.3 is 6.03 Å². The molecular formula is C14H11ClN4O4. The molecule has 0 fully saturated rings. The lowest BCUT2D eigenvalue weighted by Gasteiger charge is -2.09. The standard InChI is InChI=1S/C14H11ClN4O4/c15-10-4-6-11(7-5-10)16-14(21)18-17-13(20)9-2-1-3-12(8-9)19(22)23/h1-8H,(H,17,20)(H2,16,18,21). The molecule has 0 aliphatic heterocycles. The van der Waals surface area contributed by atoms with Gasteiger partial charge in [-0.25, -0.2) is 10.2 Å². The number of nitrogens with zero attached hydrogens (tertiary/aromatic N) is 1. The van der Waals surface area contributed by atoms with Crippen molar-refractivity contribution in [2.24, 2.45) is 0 Å². The number of hydrazine groups is 1. The molecule has 23 heavy (non-hydrogen) atoms. The molecule has 3 N–H and O–H groups in total. The van der Waals surface area contributed by atoms with Crippen molar-refractivity contribution < 1.29 is 14.5 Å². The third kappa shape index (κ3) is 4.68. The number of nitro groups is 1. The van der Waals surface area contributed by atoms with E-state index in [2.05, 4.69) is 16.2 Å². The Hall–Kier alpha value is -3.13. The lowest BCUT2D eigenvalue weighted by Crippen LogP contribution is -2.43. The average Bonchev–Trinajstić information content (AvgIpc) is 2.55. The first-order valence-electron chi connectivity index (χ1n) is 6.33.